The number of rotatable bonds is 4. The molecule has 0 N–H and O–H groups in total. The first-order valence-corrected chi connectivity index (χ1v) is 9.72. The molecule has 26 heavy (non-hydrogen) atoms. The van der Waals surface area contributed by atoms with Gasteiger partial charge in [0, 0.05) is 57.9 Å². The summed E-state index contributed by atoms with van der Waals surface area (Å²) in [6.07, 6.45) is 10.5. The Labute approximate surface area is 155 Å². The molecule has 0 aliphatic carbocycles. The number of aryl methyl sites for hydroxylation is 1. The first-order valence-electron chi connectivity index (χ1n) is 9.72. The second-order valence-electron chi connectivity index (χ2n) is 6.98. The Morgan fingerprint density at radius 3 is 2.12 bits per heavy atom. The molecule has 4 heterocycles. The van der Waals surface area contributed by atoms with Crippen molar-refractivity contribution >= 4 is 17.7 Å². The zero-order valence-corrected chi connectivity index (χ0v) is 15.5. The van der Waals surface area contributed by atoms with E-state index in [1.807, 2.05) is 24.7 Å². The van der Waals surface area contributed by atoms with Gasteiger partial charge in [-0.1, -0.05) is 6.92 Å². The van der Waals surface area contributed by atoms with Crippen molar-refractivity contribution in [3.05, 3.63) is 30.2 Å². The van der Waals surface area contributed by atoms with Gasteiger partial charge in [-0.05, 0) is 37.3 Å². The van der Waals surface area contributed by atoms with Gasteiger partial charge in [0.2, 0.25) is 11.9 Å². The lowest BCUT2D eigenvalue weighted by atomic mass is 10.1. The molecule has 2 aliphatic heterocycles. The highest BCUT2D eigenvalue weighted by molar-refractivity contribution is 5.46. The van der Waals surface area contributed by atoms with Crippen molar-refractivity contribution in [1.29, 1.82) is 0 Å². The molecule has 0 radical (unpaired) electrons. The summed E-state index contributed by atoms with van der Waals surface area (Å²) in [7, 11) is 0. The normalized spacial score (nSPS) is 18.3. The van der Waals surface area contributed by atoms with Crippen LogP contribution in [-0.2, 0) is 6.42 Å². The largest absolute Gasteiger partial charge is 0.353 e. The second kappa shape index (κ2) is 7.85. The molecule has 0 unspecified atom stereocenters. The van der Waals surface area contributed by atoms with Crippen LogP contribution in [0.5, 0.6) is 0 Å². The molecule has 2 aliphatic rings. The van der Waals surface area contributed by atoms with E-state index in [0.29, 0.717) is 0 Å². The van der Waals surface area contributed by atoms with E-state index in [9.17, 15) is 0 Å². The molecular formula is C19H27N7. The number of anilines is 3. The quantitative estimate of drug-likeness (QED) is 0.834. The summed E-state index contributed by atoms with van der Waals surface area (Å²) >= 11 is 0. The zero-order chi connectivity index (χ0) is 17.8. The zero-order valence-electron chi connectivity index (χ0n) is 15.5. The predicted molar refractivity (Wildman–Crippen MR) is 104 cm³/mol. The van der Waals surface area contributed by atoms with Gasteiger partial charge in [-0.25, -0.2) is 15.0 Å². The van der Waals surface area contributed by atoms with E-state index in [0.717, 1.165) is 63.4 Å². The first kappa shape index (κ1) is 17.0. The highest BCUT2D eigenvalue weighted by Gasteiger charge is 2.21. The van der Waals surface area contributed by atoms with Crippen LogP contribution in [0.2, 0.25) is 0 Å². The molecule has 7 heteroatoms. The third kappa shape index (κ3) is 3.71. The Hall–Kier alpha value is -2.44. The number of piperidine rings is 1. The predicted octanol–water partition coefficient (Wildman–Crippen LogP) is 2.15. The Morgan fingerprint density at radius 2 is 1.42 bits per heavy atom. The summed E-state index contributed by atoms with van der Waals surface area (Å²) < 4.78 is 0. The van der Waals surface area contributed by atoms with Crippen molar-refractivity contribution in [2.75, 3.05) is 54.0 Å². The fourth-order valence-electron chi connectivity index (χ4n) is 3.59. The van der Waals surface area contributed by atoms with Crippen LogP contribution in [0, 0.1) is 0 Å². The van der Waals surface area contributed by atoms with E-state index < -0.39 is 0 Å². The van der Waals surface area contributed by atoms with Crippen LogP contribution in [0.15, 0.2) is 24.7 Å². The topological polar surface area (TPSA) is 61.3 Å². The third-order valence-corrected chi connectivity index (χ3v) is 5.25. The van der Waals surface area contributed by atoms with Crippen LogP contribution < -0.4 is 14.7 Å². The molecule has 0 aromatic carbocycles. The summed E-state index contributed by atoms with van der Waals surface area (Å²) in [6.45, 7) is 7.94. The fraction of sp³-hybridized carbons (Fsp3) is 0.579. The molecule has 0 atom stereocenters. The maximum atomic E-state index is 4.83. The molecule has 2 aromatic heterocycles. The summed E-state index contributed by atoms with van der Waals surface area (Å²) in [5, 5.41) is 0. The maximum absolute atomic E-state index is 4.83. The third-order valence-electron chi connectivity index (χ3n) is 5.25. The molecule has 0 amide bonds. The molecule has 7 nitrogen and oxygen atoms in total. The number of aromatic nitrogens is 4. The van der Waals surface area contributed by atoms with Crippen molar-refractivity contribution < 1.29 is 0 Å². The van der Waals surface area contributed by atoms with E-state index in [-0.39, 0.29) is 0 Å². The SMILES string of the molecule is CCc1cnc(N2CCN(c3ccnc(N4CCCCC4)n3)CC2)nc1. The smallest absolute Gasteiger partial charge is 0.227 e. The van der Waals surface area contributed by atoms with Crippen molar-refractivity contribution in [1.82, 2.24) is 19.9 Å². The molecule has 2 saturated heterocycles. The van der Waals surface area contributed by atoms with Gasteiger partial charge in [-0.2, -0.15) is 4.98 Å². The lowest BCUT2D eigenvalue weighted by Crippen LogP contribution is -2.47. The molecular weight excluding hydrogens is 326 g/mol. The Kier molecular flexibility index (Phi) is 5.13. The van der Waals surface area contributed by atoms with Crippen LogP contribution in [-0.4, -0.2) is 59.2 Å². The van der Waals surface area contributed by atoms with E-state index in [1.165, 1.54) is 24.8 Å². The lowest BCUT2D eigenvalue weighted by Gasteiger charge is -2.35. The van der Waals surface area contributed by atoms with Crippen LogP contribution in [0.1, 0.15) is 31.7 Å². The first-order chi connectivity index (χ1) is 12.8. The number of hydrogen-bond donors (Lipinski definition) is 0. The molecule has 4 rings (SSSR count). The molecule has 2 aromatic rings. The minimum absolute atomic E-state index is 0.832. The lowest BCUT2D eigenvalue weighted by molar-refractivity contribution is 0.567. The van der Waals surface area contributed by atoms with Gasteiger partial charge in [-0.15, -0.1) is 0 Å². The summed E-state index contributed by atoms with van der Waals surface area (Å²) in [6, 6.07) is 2.02. The Balaban J connectivity index is 1.39. The molecule has 138 valence electrons. The summed E-state index contributed by atoms with van der Waals surface area (Å²) in [4.78, 5) is 25.3. The van der Waals surface area contributed by atoms with Gasteiger partial charge in [0.15, 0.2) is 0 Å². The Bertz CT molecular complexity index is 704. The summed E-state index contributed by atoms with van der Waals surface area (Å²) in [5.41, 5.74) is 1.18. The molecule has 0 saturated carbocycles. The van der Waals surface area contributed by atoms with Gasteiger partial charge >= 0.3 is 0 Å². The van der Waals surface area contributed by atoms with E-state index in [4.69, 9.17) is 4.98 Å². The van der Waals surface area contributed by atoms with Gasteiger partial charge in [-0.3, -0.25) is 0 Å². The Morgan fingerprint density at radius 1 is 0.769 bits per heavy atom. The van der Waals surface area contributed by atoms with Crippen molar-refractivity contribution in [2.45, 2.75) is 32.6 Å². The average Bonchev–Trinajstić information content (AvgIpc) is 2.75. The van der Waals surface area contributed by atoms with Crippen LogP contribution in [0.25, 0.3) is 0 Å². The standard InChI is InChI=1S/C19H27N7/c1-2-16-14-21-18(22-15-16)26-12-10-24(11-13-26)17-6-7-20-19(23-17)25-8-4-3-5-9-25/h6-7,14-15H,2-5,8-13H2,1H3. The summed E-state index contributed by atoms with van der Waals surface area (Å²) in [5.74, 6) is 2.74. The van der Waals surface area contributed by atoms with E-state index in [2.05, 4.69) is 36.6 Å². The highest BCUT2D eigenvalue weighted by atomic mass is 15.3. The van der Waals surface area contributed by atoms with Crippen molar-refractivity contribution in [2.24, 2.45) is 0 Å². The van der Waals surface area contributed by atoms with Gasteiger partial charge in [0.1, 0.15) is 5.82 Å². The molecule has 0 spiro atoms. The molecule has 0 bridgehead atoms. The van der Waals surface area contributed by atoms with Crippen molar-refractivity contribution in [3.8, 4) is 0 Å². The van der Waals surface area contributed by atoms with Crippen LogP contribution in [0.3, 0.4) is 0 Å². The maximum Gasteiger partial charge on any atom is 0.227 e. The minimum atomic E-state index is 0.832. The van der Waals surface area contributed by atoms with E-state index in [1.54, 1.807) is 0 Å². The highest BCUT2D eigenvalue weighted by Crippen LogP contribution is 2.20. The van der Waals surface area contributed by atoms with Gasteiger partial charge in [0.05, 0.1) is 0 Å². The van der Waals surface area contributed by atoms with Gasteiger partial charge < -0.3 is 14.7 Å². The molecule has 2 fully saturated rings. The second-order valence-corrected chi connectivity index (χ2v) is 6.98. The minimum Gasteiger partial charge on any atom is -0.353 e. The number of piperazine rings is 1. The number of hydrogen-bond acceptors (Lipinski definition) is 7. The van der Waals surface area contributed by atoms with E-state index >= 15 is 0 Å². The van der Waals surface area contributed by atoms with Gasteiger partial charge in [0.25, 0.3) is 0 Å². The van der Waals surface area contributed by atoms with Crippen LogP contribution in [0.4, 0.5) is 17.7 Å². The monoisotopic (exact) mass is 353 g/mol. The fourth-order valence-corrected chi connectivity index (χ4v) is 3.59. The van der Waals surface area contributed by atoms with Crippen molar-refractivity contribution in [3.63, 3.8) is 0 Å². The average molecular weight is 353 g/mol. The number of nitrogens with zero attached hydrogens (tertiary/aromatic N) is 7. The van der Waals surface area contributed by atoms with Crippen LogP contribution >= 0.6 is 0 Å².